The van der Waals surface area contributed by atoms with Gasteiger partial charge in [0.05, 0.1) is 12.2 Å². The molecule has 138 valence electrons. The number of carbonyl (C=O) groups excluding carboxylic acids is 1. The van der Waals surface area contributed by atoms with Gasteiger partial charge in [-0.25, -0.2) is 4.79 Å². The fraction of sp³-hybridized carbons (Fsp3) is 0.667. The minimum Gasteiger partial charge on any atom is -0.462 e. The Bertz CT molecular complexity index is 531. The van der Waals surface area contributed by atoms with Gasteiger partial charge in [0.25, 0.3) is 0 Å². The average molecular weight is 344 g/mol. The van der Waals surface area contributed by atoms with Crippen molar-refractivity contribution in [2.24, 2.45) is 5.92 Å². The smallest absolute Gasteiger partial charge is 0.338 e. The molecule has 3 rings (SSSR count). The molecular formula is C21H32N2O2. The van der Waals surface area contributed by atoms with Crippen LogP contribution in [0, 0.1) is 5.92 Å². The van der Waals surface area contributed by atoms with E-state index in [2.05, 4.69) is 22.3 Å². The van der Waals surface area contributed by atoms with Crippen molar-refractivity contribution in [1.82, 2.24) is 10.2 Å². The molecule has 25 heavy (non-hydrogen) atoms. The first kappa shape index (κ1) is 18.4. The van der Waals surface area contributed by atoms with E-state index in [9.17, 15) is 4.79 Å². The molecule has 1 saturated carbocycles. The van der Waals surface area contributed by atoms with Gasteiger partial charge in [0.1, 0.15) is 0 Å². The Balaban J connectivity index is 1.31. The molecule has 0 atom stereocenters. The lowest BCUT2D eigenvalue weighted by molar-refractivity contribution is 0.0526. The van der Waals surface area contributed by atoms with Gasteiger partial charge in [0, 0.05) is 6.04 Å². The lowest BCUT2D eigenvalue weighted by Crippen LogP contribution is -2.38. The van der Waals surface area contributed by atoms with E-state index in [0.29, 0.717) is 12.2 Å². The molecule has 4 heteroatoms. The van der Waals surface area contributed by atoms with Crippen LogP contribution in [-0.2, 0) is 11.2 Å². The summed E-state index contributed by atoms with van der Waals surface area (Å²) in [4.78, 5) is 14.3. The maximum absolute atomic E-state index is 11.7. The highest BCUT2D eigenvalue weighted by molar-refractivity contribution is 5.89. The third kappa shape index (κ3) is 6.12. The molecule has 1 aromatic carbocycles. The van der Waals surface area contributed by atoms with Crippen LogP contribution in [-0.4, -0.2) is 49.7 Å². The van der Waals surface area contributed by atoms with E-state index in [0.717, 1.165) is 18.4 Å². The van der Waals surface area contributed by atoms with Gasteiger partial charge < -0.3 is 15.0 Å². The molecule has 2 fully saturated rings. The van der Waals surface area contributed by atoms with Gasteiger partial charge in [-0.3, -0.25) is 0 Å². The van der Waals surface area contributed by atoms with Crippen LogP contribution < -0.4 is 5.32 Å². The monoisotopic (exact) mass is 344 g/mol. The molecule has 0 aromatic heterocycles. The van der Waals surface area contributed by atoms with Gasteiger partial charge in [-0.05, 0) is 95.2 Å². The number of rotatable bonds is 9. The molecule has 1 saturated heterocycles. The normalized spacial score (nSPS) is 19.1. The topological polar surface area (TPSA) is 41.6 Å². The maximum Gasteiger partial charge on any atom is 0.338 e. The van der Waals surface area contributed by atoms with E-state index in [1.165, 1.54) is 63.8 Å². The van der Waals surface area contributed by atoms with Crippen molar-refractivity contribution in [3.8, 4) is 0 Å². The highest BCUT2D eigenvalue weighted by Crippen LogP contribution is 2.22. The molecule has 1 heterocycles. The summed E-state index contributed by atoms with van der Waals surface area (Å²) in [5, 5.41) is 3.67. The second-order valence-electron chi connectivity index (χ2n) is 7.49. The van der Waals surface area contributed by atoms with Crippen molar-refractivity contribution in [2.75, 3.05) is 32.8 Å². The molecule has 0 spiro atoms. The van der Waals surface area contributed by atoms with E-state index in [1.54, 1.807) is 0 Å². The Morgan fingerprint density at radius 3 is 2.52 bits per heavy atom. The zero-order valence-corrected chi connectivity index (χ0v) is 15.5. The van der Waals surface area contributed by atoms with E-state index in [1.807, 2.05) is 19.1 Å². The number of nitrogens with one attached hydrogen (secondary N) is 1. The minimum atomic E-state index is -0.229. The molecular weight excluding hydrogens is 312 g/mol. The maximum atomic E-state index is 11.7. The van der Waals surface area contributed by atoms with E-state index < -0.39 is 0 Å². The molecule has 1 N–H and O–H groups in total. The zero-order valence-electron chi connectivity index (χ0n) is 15.5. The van der Waals surface area contributed by atoms with Crippen molar-refractivity contribution >= 4 is 5.97 Å². The molecule has 1 aliphatic carbocycles. The number of hydrogen-bond acceptors (Lipinski definition) is 4. The molecule has 0 radical (unpaired) electrons. The summed E-state index contributed by atoms with van der Waals surface area (Å²) < 4.78 is 5.02. The number of likely N-dealkylation sites (tertiary alicyclic amines) is 1. The molecule has 1 aromatic rings. The number of hydrogen-bond donors (Lipinski definition) is 1. The van der Waals surface area contributed by atoms with Gasteiger partial charge >= 0.3 is 5.97 Å². The van der Waals surface area contributed by atoms with E-state index >= 15 is 0 Å². The number of piperidine rings is 1. The highest BCUT2D eigenvalue weighted by atomic mass is 16.5. The van der Waals surface area contributed by atoms with Crippen molar-refractivity contribution in [3.63, 3.8) is 0 Å². The van der Waals surface area contributed by atoms with Crippen LogP contribution in [0.2, 0.25) is 0 Å². The third-order valence-corrected chi connectivity index (χ3v) is 5.38. The van der Waals surface area contributed by atoms with Gasteiger partial charge in [0.15, 0.2) is 0 Å². The standard InChI is InChI=1S/C21H32N2O2/c1-2-25-21(24)19-7-5-17(6-8-19)4-3-13-23-14-11-18(12-15-23)16-22-20-9-10-20/h5-8,18,20,22H,2-4,9-16H2,1H3. The van der Waals surface area contributed by atoms with Gasteiger partial charge in [0.2, 0.25) is 0 Å². The Hall–Kier alpha value is -1.39. The third-order valence-electron chi connectivity index (χ3n) is 5.38. The summed E-state index contributed by atoms with van der Waals surface area (Å²) in [7, 11) is 0. The van der Waals surface area contributed by atoms with Crippen LogP contribution in [0.3, 0.4) is 0 Å². The lowest BCUT2D eigenvalue weighted by atomic mass is 9.96. The largest absolute Gasteiger partial charge is 0.462 e. The first-order chi connectivity index (χ1) is 12.2. The van der Waals surface area contributed by atoms with Crippen molar-refractivity contribution < 1.29 is 9.53 Å². The van der Waals surface area contributed by atoms with Crippen LogP contribution in [0.25, 0.3) is 0 Å². The zero-order chi connectivity index (χ0) is 17.5. The predicted octanol–water partition coefficient (Wildman–Crippen LogP) is 3.26. The van der Waals surface area contributed by atoms with Crippen LogP contribution in [0.1, 0.15) is 54.9 Å². The summed E-state index contributed by atoms with van der Waals surface area (Å²) in [5.74, 6) is 0.653. The number of nitrogens with zero attached hydrogens (tertiary/aromatic N) is 1. The van der Waals surface area contributed by atoms with Crippen LogP contribution in [0.15, 0.2) is 24.3 Å². The number of ether oxygens (including phenoxy) is 1. The Kier molecular flexibility index (Phi) is 6.88. The van der Waals surface area contributed by atoms with Crippen LogP contribution in [0.4, 0.5) is 0 Å². The van der Waals surface area contributed by atoms with Crippen molar-refractivity contribution in [2.45, 2.75) is 51.5 Å². The molecule has 0 unspecified atom stereocenters. The molecule has 2 aliphatic rings. The number of benzene rings is 1. The Morgan fingerprint density at radius 1 is 1.16 bits per heavy atom. The summed E-state index contributed by atoms with van der Waals surface area (Å²) >= 11 is 0. The molecule has 0 amide bonds. The Labute approximate surface area is 151 Å². The van der Waals surface area contributed by atoms with Crippen molar-refractivity contribution in [1.29, 1.82) is 0 Å². The average Bonchev–Trinajstić information content (AvgIpc) is 3.46. The quantitative estimate of drug-likeness (QED) is 0.698. The number of carbonyl (C=O) groups is 1. The highest BCUT2D eigenvalue weighted by Gasteiger charge is 2.24. The van der Waals surface area contributed by atoms with Crippen LogP contribution in [0.5, 0.6) is 0 Å². The van der Waals surface area contributed by atoms with Gasteiger partial charge in [-0.15, -0.1) is 0 Å². The van der Waals surface area contributed by atoms with Crippen LogP contribution >= 0.6 is 0 Å². The molecule has 0 bridgehead atoms. The molecule has 1 aliphatic heterocycles. The summed E-state index contributed by atoms with van der Waals surface area (Å²) in [6, 6.07) is 8.72. The van der Waals surface area contributed by atoms with E-state index in [4.69, 9.17) is 4.74 Å². The first-order valence-electron chi connectivity index (χ1n) is 9.96. The van der Waals surface area contributed by atoms with E-state index in [-0.39, 0.29) is 5.97 Å². The summed E-state index contributed by atoms with van der Waals surface area (Å²) in [6.07, 6.45) is 7.72. The minimum absolute atomic E-state index is 0.229. The van der Waals surface area contributed by atoms with Gasteiger partial charge in [-0.2, -0.15) is 0 Å². The summed E-state index contributed by atoms with van der Waals surface area (Å²) in [5.41, 5.74) is 1.95. The van der Waals surface area contributed by atoms with Crippen molar-refractivity contribution in [3.05, 3.63) is 35.4 Å². The number of aryl methyl sites for hydroxylation is 1. The second kappa shape index (κ2) is 9.35. The molecule has 4 nitrogen and oxygen atoms in total. The fourth-order valence-electron chi connectivity index (χ4n) is 3.56. The predicted molar refractivity (Wildman–Crippen MR) is 101 cm³/mol. The van der Waals surface area contributed by atoms with Gasteiger partial charge in [-0.1, -0.05) is 12.1 Å². The first-order valence-corrected chi connectivity index (χ1v) is 9.96. The lowest BCUT2D eigenvalue weighted by Gasteiger charge is -2.32. The Morgan fingerprint density at radius 2 is 1.88 bits per heavy atom. The number of esters is 1. The summed E-state index contributed by atoms with van der Waals surface area (Å²) in [6.45, 7) is 7.16. The SMILES string of the molecule is CCOC(=O)c1ccc(CCCN2CCC(CNC3CC3)CC2)cc1. The fourth-order valence-corrected chi connectivity index (χ4v) is 3.56. The second-order valence-corrected chi connectivity index (χ2v) is 7.49.